The lowest BCUT2D eigenvalue weighted by atomic mass is 9.33. The van der Waals surface area contributed by atoms with Gasteiger partial charge in [-0.25, -0.2) is 0 Å². The average molecular weight is 425 g/mol. The maximum Gasteiger partial charge on any atom is -0.00565 e. The van der Waals surface area contributed by atoms with Crippen molar-refractivity contribution >= 4 is 0 Å². The molecule has 0 aromatic carbocycles. The zero-order chi connectivity index (χ0) is 22.7. The molecule has 0 heterocycles. The van der Waals surface area contributed by atoms with Crippen LogP contribution >= 0.6 is 0 Å². The van der Waals surface area contributed by atoms with Crippen LogP contribution in [0, 0.1) is 56.2 Å². The van der Waals surface area contributed by atoms with Gasteiger partial charge in [-0.05, 0) is 120 Å². The Hall–Kier alpha value is -0.260. The molecule has 31 heavy (non-hydrogen) atoms. The van der Waals surface area contributed by atoms with E-state index in [1.807, 2.05) is 5.57 Å². The zero-order valence-corrected chi connectivity index (χ0v) is 22.5. The number of allylic oxidation sites excluding steroid dienone is 2. The second-order valence-electron chi connectivity index (χ2n) is 15.6. The fourth-order valence-corrected chi connectivity index (χ4v) is 10.7. The van der Waals surface area contributed by atoms with Crippen LogP contribution in [-0.4, -0.2) is 0 Å². The van der Waals surface area contributed by atoms with Crippen molar-refractivity contribution in [3.8, 4) is 0 Å². The Morgan fingerprint density at radius 3 is 2.13 bits per heavy atom. The first-order chi connectivity index (χ1) is 14.2. The number of fused-ring (bicyclic) bond motifs is 7. The van der Waals surface area contributed by atoms with Crippen LogP contribution in [-0.2, 0) is 0 Å². The predicted octanol–water partition coefficient (Wildman–Crippen LogP) is 9.44. The summed E-state index contributed by atoms with van der Waals surface area (Å²) < 4.78 is 0. The summed E-state index contributed by atoms with van der Waals surface area (Å²) in [5.41, 5.74) is 4.95. The normalized spacial score (nSPS) is 55.2. The largest absolute Gasteiger partial charge is 0.0841 e. The van der Waals surface area contributed by atoms with Crippen LogP contribution in [0.2, 0.25) is 0 Å². The van der Waals surface area contributed by atoms with Crippen molar-refractivity contribution in [1.29, 1.82) is 0 Å². The number of hydrogen-bond donors (Lipinski definition) is 0. The van der Waals surface area contributed by atoms with E-state index in [9.17, 15) is 0 Å². The number of rotatable bonds is 0. The molecular weight excluding hydrogens is 372 g/mol. The molecule has 5 aliphatic rings. The van der Waals surface area contributed by atoms with Crippen molar-refractivity contribution in [2.24, 2.45) is 56.2 Å². The van der Waals surface area contributed by atoms with Gasteiger partial charge >= 0.3 is 0 Å². The van der Waals surface area contributed by atoms with Gasteiger partial charge in [-0.15, -0.1) is 0 Å². The summed E-state index contributed by atoms with van der Waals surface area (Å²) in [6, 6.07) is 0. The Morgan fingerprint density at radius 1 is 0.742 bits per heavy atom. The molecule has 0 radical (unpaired) electrons. The van der Waals surface area contributed by atoms with E-state index in [1.165, 1.54) is 64.2 Å². The Kier molecular flexibility index (Phi) is 4.68. The lowest BCUT2D eigenvalue weighted by Gasteiger charge is -2.71. The van der Waals surface area contributed by atoms with E-state index in [4.69, 9.17) is 0 Å². The Morgan fingerprint density at radius 2 is 1.42 bits per heavy atom. The summed E-state index contributed by atoms with van der Waals surface area (Å²) in [5, 5.41) is 0. The Bertz CT molecular complexity index is 784. The molecule has 0 bridgehead atoms. The molecule has 0 aromatic rings. The van der Waals surface area contributed by atoms with Gasteiger partial charge in [0.05, 0.1) is 0 Å². The van der Waals surface area contributed by atoms with Gasteiger partial charge in [0.1, 0.15) is 0 Å². The van der Waals surface area contributed by atoms with Gasteiger partial charge in [-0.3, -0.25) is 0 Å². The monoisotopic (exact) mass is 424 g/mol. The first-order valence-electron chi connectivity index (χ1n) is 13.9. The maximum atomic E-state index is 2.86. The molecule has 0 saturated heterocycles. The first-order valence-corrected chi connectivity index (χ1v) is 13.9. The van der Waals surface area contributed by atoms with Crippen LogP contribution < -0.4 is 0 Å². The molecule has 0 heteroatoms. The lowest BCUT2D eigenvalue weighted by Crippen LogP contribution is -2.63. The van der Waals surface area contributed by atoms with Crippen molar-refractivity contribution in [3.63, 3.8) is 0 Å². The van der Waals surface area contributed by atoms with E-state index in [-0.39, 0.29) is 0 Å². The second-order valence-corrected chi connectivity index (χ2v) is 15.6. The third-order valence-electron chi connectivity index (χ3n) is 13.6. The number of hydrogen-bond acceptors (Lipinski definition) is 0. The molecule has 176 valence electrons. The van der Waals surface area contributed by atoms with Crippen molar-refractivity contribution in [1.82, 2.24) is 0 Å². The smallest absolute Gasteiger partial charge is 0.00565 e. The van der Waals surface area contributed by atoms with E-state index >= 15 is 0 Å². The predicted molar refractivity (Wildman–Crippen MR) is 134 cm³/mol. The summed E-state index contributed by atoms with van der Waals surface area (Å²) in [4.78, 5) is 0. The fraction of sp³-hybridized carbons (Fsp3) is 0.935. The highest BCUT2D eigenvalue weighted by molar-refractivity contribution is 5.33. The van der Waals surface area contributed by atoms with Gasteiger partial charge in [0.2, 0.25) is 0 Å². The minimum absolute atomic E-state index is 0.425. The van der Waals surface area contributed by atoms with Crippen LogP contribution in [0.5, 0.6) is 0 Å². The molecule has 0 nitrogen and oxygen atoms in total. The van der Waals surface area contributed by atoms with Gasteiger partial charge in [-0.1, -0.05) is 74.0 Å². The Balaban J connectivity index is 1.57. The quantitative estimate of drug-likeness (QED) is 0.340. The molecule has 4 fully saturated rings. The van der Waals surface area contributed by atoms with Crippen LogP contribution in [0.4, 0.5) is 0 Å². The highest BCUT2D eigenvalue weighted by atomic mass is 14.7. The maximum absolute atomic E-state index is 2.86. The highest BCUT2D eigenvalue weighted by Gasteiger charge is 2.67. The van der Waals surface area contributed by atoms with Crippen LogP contribution in [0.1, 0.15) is 127 Å². The van der Waals surface area contributed by atoms with E-state index in [2.05, 4.69) is 68.4 Å². The van der Waals surface area contributed by atoms with Crippen molar-refractivity contribution in [2.75, 3.05) is 0 Å². The molecule has 0 aromatic heterocycles. The summed E-state index contributed by atoms with van der Waals surface area (Å²) in [6.07, 6.45) is 17.3. The molecule has 5 aliphatic carbocycles. The summed E-state index contributed by atoms with van der Waals surface area (Å²) in [5.74, 6) is 3.49. The van der Waals surface area contributed by atoms with E-state index in [0.717, 1.165) is 23.7 Å². The molecule has 4 saturated carbocycles. The average Bonchev–Trinajstić information content (AvgIpc) is 2.67. The molecule has 5 rings (SSSR count). The molecule has 0 N–H and O–H groups in total. The minimum atomic E-state index is 0.425. The third kappa shape index (κ3) is 2.78. The summed E-state index contributed by atoms with van der Waals surface area (Å²) in [6.45, 7) is 23.8. The Labute approximate surface area is 194 Å². The zero-order valence-electron chi connectivity index (χ0n) is 22.5. The van der Waals surface area contributed by atoms with E-state index in [1.54, 1.807) is 0 Å². The molecule has 0 amide bonds. The van der Waals surface area contributed by atoms with Crippen molar-refractivity contribution in [3.05, 3.63) is 11.6 Å². The van der Waals surface area contributed by atoms with Crippen LogP contribution in [0.15, 0.2) is 11.6 Å². The van der Waals surface area contributed by atoms with E-state index in [0.29, 0.717) is 32.5 Å². The summed E-state index contributed by atoms with van der Waals surface area (Å²) in [7, 11) is 0. The fourth-order valence-electron chi connectivity index (χ4n) is 10.7. The van der Waals surface area contributed by atoms with Gasteiger partial charge in [-0.2, -0.15) is 0 Å². The lowest BCUT2D eigenvalue weighted by molar-refractivity contribution is -0.190. The second kappa shape index (κ2) is 6.44. The van der Waals surface area contributed by atoms with E-state index < -0.39 is 0 Å². The minimum Gasteiger partial charge on any atom is -0.0841 e. The molecule has 0 spiro atoms. The van der Waals surface area contributed by atoms with Crippen LogP contribution in [0.3, 0.4) is 0 Å². The molecular formula is C31H52. The molecule has 0 aliphatic heterocycles. The highest BCUT2D eigenvalue weighted by Crippen LogP contribution is 2.76. The van der Waals surface area contributed by atoms with Crippen molar-refractivity contribution < 1.29 is 0 Å². The first kappa shape index (κ1) is 22.5. The SMILES string of the molecule is C[C@H]1CC[C@]2(C)[C@H]3CC=C4C5CC(C)(C)CC[C@]5(C)CC[C@@]4(C)[C@]3(C)CC[C@H]2C1(C)C. The molecule has 1 unspecified atom stereocenters. The molecule has 8 atom stereocenters. The van der Waals surface area contributed by atoms with Crippen LogP contribution in [0.25, 0.3) is 0 Å². The van der Waals surface area contributed by atoms with Gasteiger partial charge < -0.3 is 0 Å². The topological polar surface area (TPSA) is 0 Å². The van der Waals surface area contributed by atoms with Gasteiger partial charge in [0.15, 0.2) is 0 Å². The van der Waals surface area contributed by atoms with Gasteiger partial charge in [0.25, 0.3) is 0 Å². The standard InChI is InChI=1S/C31H52/c1-21-12-14-29(7)24(27(21,4)5)13-15-31(9)25(29)11-10-22-23-20-26(2,3)16-17-28(23,6)18-19-30(22,31)8/h10,21,23-25H,11-20H2,1-9H3/t21-,23?,24-,25+,28+,29-,30+,31+/m0/s1. The van der Waals surface area contributed by atoms with Gasteiger partial charge in [0, 0.05) is 0 Å². The third-order valence-corrected chi connectivity index (χ3v) is 13.6. The summed E-state index contributed by atoms with van der Waals surface area (Å²) >= 11 is 0. The van der Waals surface area contributed by atoms with Crippen molar-refractivity contribution in [2.45, 2.75) is 127 Å².